The maximum atomic E-state index is 9.73. The van der Waals surface area contributed by atoms with Gasteiger partial charge in [0.05, 0.1) is 25.6 Å². The molecular weight excluding hydrogens is 404 g/mol. The number of hydrogen-bond donors (Lipinski definition) is 1. The van der Waals surface area contributed by atoms with Crippen molar-refractivity contribution in [2.24, 2.45) is 0 Å². The molecule has 1 N–H and O–H groups in total. The molecule has 6 nitrogen and oxygen atoms in total. The van der Waals surface area contributed by atoms with Crippen LogP contribution >= 0.6 is 11.6 Å². The molecule has 0 spiro atoms. The molecule has 2 aromatic carbocycles. The molecule has 0 fully saturated rings. The summed E-state index contributed by atoms with van der Waals surface area (Å²) in [4.78, 5) is 4.77. The minimum atomic E-state index is -0.485. The highest BCUT2D eigenvalue weighted by atomic mass is 35.5. The molecule has 1 aliphatic rings. The Morgan fingerprint density at radius 2 is 1.93 bits per heavy atom. The van der Waals surface area contributed by atoms with Crippen LogP contribution in [0.15, 0.2) is 36.4 Å². The highest BCUT2D eigenvalue weighted by Gasteiger charge is 2.34. The predicted octanol–water partition coefficient (Wildman–Crippen LogP) is 4.70. The zero-order valence-corrected chi connectivity index (χ0v) is 18.2. The van der Waals surface area contributed by atoms with Crippen molar-refractivity contribution in [2.75, 3.05) is 20.8 Å². The van der Waals surface area contributed by atoms with Crippen LogP contribution in [0.4, 0.5) is 0 Å². The van der Waals surface area contributed by atoms with E-state index in [2.05, 4.69) is 4.57 Å². The monoisotopic (exact) mass is 428 g/mol. The first-order valence-electron chi connectivity index (χ1n) is 9.83. The number of rotatable bonds is 5. The summed E-state index contributed by atoms with van der Waals surface area (Å²) < 4.78 is 19.9. The number of aliphatic hydroxyl groups excluding tert-OH is 1. The Morgan fingerprint density at radius 3 is 2.63 bits per heavy atom. The van der Waals surface area contributed by atoms with Gasteiger partial charge in [-0.3, -0.25) is 4.57 Å². The number of hydrogen-bond acceptors (Lipinski definition) is 5. The van der Waals surface area contributed by atoms with Gasteiger partial charge < -0.3 is 19.3 Å². The summed E-state index contributed by atoms with van der Waals surface area (Å²) >= 11 is 6.41. The maximum Gasteiger partial charge on any atom is 0.166 e. The van der Waals surface area contributed by atoms with E-state index in [-0.39, 0.29) is 6.61 Å². The van der Waals surface area contributed by atoms with E-state index < -0.39 is 12.2 Å². The topological polar surface area (TPSA) is 65.7 Å². The lowest BCUT2D eigenvalue weighted by Gasteiger charge is -2.25. The van der Waals surface area contributed by atoms with E-state index in [1.165, 1.54) is 0 Å². The summed E-state index contributed by atoms with van der Waals surface area (Å²) in [6, 6.07) is 11.5. The molecule has 0 radical (unpaired) electrons. The molecule has 7 heteroatoms. The van der Waals surface area contributed by atoms with Crippen LogP contribution in [0.2, 0.25) is 5.02 Å². The Balaban J connectivity index is 2.01. The fraction of sp³-hybridized carbons (Fsp3) is 0.348. The van der Waals surface area contributed by atoms with Gasteiger partial charge >= 0.3 is 0 Å². The van der Waals surface area contributed by atoms with E-state index in [1.54, 1.807) is 14.2 Å². The summed E-state index contributed by atoms with van der Waals surface area (Å²) in [5.74, 6) is 1.99. The Bertz CT molecular complexity index is 1080. The number of halogens is 1. The smallest absolute Gasteiger partial charge is 0.166 e. The number of methoxy groups -OCH3 is 2. The molecule has 0 saturated carbocycles. The van der Waals surface area contributed by atoms with Gasteiger partial charge in [-0.25, -0.2) is 4.98 Å². The Kier molecular flexibility index (Phi) is 5.73. The molecule has 3 aromatic rings. The number of aromatic nitrogens is 2. The molecule has 4 rings (SSSR count). The fourth-order valence-electron chi connectivity index (χ4n) is 4.07. The summed E-state index contributed by atoms with van der Waals surface area (Å²) in [6.45, 7) is 3.99. The fourth-order valence-corrected chi connectivity index (χ4v) is 4.25. The van der Waals surface area contributed by atoms with Gasteiger partial charge in [-0.15, -0.1) is 0 Å². The average Bonchev–Trinajstić information content (AvgIpc) is 2.97. The second kappa shape index (κ2) is 8.30. The first kappa shape index (κ1) is 20.7. The molecule has 30 heavy (non-hydrogen) atoms. The van der Waals surface area contributed by atoms with Gasteiger partial charge in [-0.2, -0.15) is 0 Å². The van der Waals surface area contributed by atoms with Crippen LogP contribution in [-0.4, -0.2) is 35.5 Å². The number of imidazole rings is 1. The normalized spacial score (nSPS) is 17.8. The highest BCUT2D eigenvalue weighted by molar-refractivity contribution is 6.30. The van der Waals surface area contributed by atoms with Crippen LogP contribution in [0.25, 0.3) is 5.69 Å². The minimum Gasteiger partial charge on any atom is -0.493 e. The van der Waals surface area contributed by atoms with E-state index >= 15 is 0 Å². The first-order chi connectivity index (χ1) is 14.5. The van der Waals surface area contributed by atoms with Crippen molar-refractivity contribution in [1.29, 1.82) is 0 Å². The third kappa shape index (κ3) is 3.35. The molecule has 0 saturated heterocycles. The van der Waals surface area contributed by atoms with E-state index in [9.17, 15) is 5.11 Å². The molecule has 0 aliphatic carbocycles. The summed E-state index contributed by atoms with van der Waals surface area (Å²) in [5, 5.41) is 10.3. The zero-order chi connectivity index (χ0) is 21.4. The largest absolute Gasteiger partial charge is 0.493 e. The lowest BCUT2D eigenvalue weighted by molar-refractivity contribution is -0.00964. The molecule has 1 aromatic heterocycles. The van der Waals surface area contributed by atoms with E-state index in [0.717, 1.165) is 34.0 Å². The average molecular weight is 429 g/mol. The van der Waals surface area contributed by atoms with Crippen LogP contribution in [-0.2, 0) is 4.74 Å². The summed E-state index contributed by atoms with van der Waals surface area (Å²) in [5.41, 5.74) is 4.62. The number of benzene rings is 2. The lowest BCUT2D eigenvalue weighted by Crippen LogP contribution is -2.14. The summed E-state index contributed by atoms with van der Waals surface area (Å²) in [7, 11) is 3.22. The van der Waals surface area contributed by atoms with Crippen LogP contribution in [0.5, 0.6) is 11.5 Å². The van der Waals surface area contributed by atoms with Crippen LogP contribution < -0.4 is 9.47 Å². The first-order valence-corrected chi connectivity index (χ1v) is 10.2. The molecule has 158 valence electrons. The molecular formula is C23H25ClN2O4. The summed E-state index contributed by atoms with van der Waals surface area (Å²) in [6.07, 6.45) is -0.475. The van der Waals surface area contributed by atoms with Gasteiger partial charge in [0.25, 0.3) is 0 Å². The number of aryl methyl sites for hydroxylation is 1. The molecule has 2 unspecified atom stereocenters. The van der Waals surface area contributed by atoms with Crippen molar-refractivity contribution in [3.8, 4) is 17.2 Å². The second-order valence-electron chi connectivity index (χ2n) is 7.28. The van der Waals surface area contributed by atoms with Crippen molar-refractivity contribution in [2.45, 2.75) is 32.5 Å². The van der Waals surface area contributed by atoms with Crippen molar-refractivity contribution in [1.82, 2.24) is 9.55 Å². The molecule has 0 amide bonds. The number of ether oxygens (including phenoxy) is 3. The minimum absolute atomic E-state index is 0.0192. The Hall–Kier alpha value is -2.54. The van der Waals surface area contributed by atoms with Crippen molar-refractivity contribution < 1.29 is 19.3 Å². The lowest BCUT2D eigenvalue weighted by atomic mass is 9.98. The third-order valence-electron chi connectivity index (χ3n) is 5.58. The van der Waals surface area contributed by atoms with Crippen LogP contribution in [0, 0.1) is 13.8 Å². The standard InChI is InChI=1S/C23H25ClN2O4/c1-13-14(2)26-18-9-8-15(24)12-17(18)21(30-20(10-11-27)23(26)25-13)16-6-5-7-19(28-3)22(16)29-4/h5-9,12,20-21,27H,10-11H2,1-4H3. The van der Waals surface area contributed by atoms with Crippen LogP contribution in [0.3, 0.4) is 0 Å². The zero-order valence-electron chi connectivity index (χ0n) is 17.5. The number of fused-ring (bicyclic) bond motifs is 3. The van der Waals surface area contributed by atoms with Crippen molar-refractivity contribution >= 4 is 11.6 Å². The highest BCUT2D eigenvalue weighted by Crippen LogP contribution is 2.46. The Morgan fingerprint density at radius 1 is 1.13 bits per heavy atom. The third-order valence-corrected chi connectivity index (χ3v) is 5.81. The van der Waals surface area contributed by atoms with Gasteiger partial charge in [-0.05, 0) is 38.1 Å². The number of para-hydroxylation sites is 1. The van der Waals surface area contributed by atoms with Crippen LogP contribution in [0.1, 0.15) is 47.0 Å². The van der Waals surface area contributed by atoms with E-state index in [0.29, 0.717) is 22.9 Å². The van der Waals surface area contributed by atoms with Gasteiger partial charge in [-0.1, -0.05) is 23.7 Å². The van der Waals surface area contributed by atoms with Gasteiger partial charge in [0.1, 0.15) is 18.0 Å². The SMILES string of the molecule is COc1cccc(C2OC(CCO)c3nc(C)c(C)n3-c3ccc(Cl)cc32)c1OC. The molecule has 2 atom stereocenters. The maximum absolute atomic E-state index is 9.73. The van der Waals surface area contributed by atoms with Gasteiger partial charge in [0.2, 0.25) is 0 Å². The quantitative estimate of drug-likeness (QED) is 0.637. The van der Waals surface area contributed by atoms with Crippen molar-refractivity contribution in [3.63, 3.8) is 0 Å². The van der Waals surface area contributed by atoms with Gasteiger partial charge in [0.15, 0.2) is 11.5 Å². The molecule has 0 bridgehead atoms. The van der Waals surface area contributed by atoms with Gasteiger partial charge in [0, 0.05) is 34.9 Å². The number of aliphatic hydroxyl groups is 1. The van der Waals surface area contributed by atoms with Crippen molar-refractivity contribution in [3.05, 3.63) is 69.8 Å². The van der Waals surface area contributed by atoms with E-state index in [1.807, 2.05) is 50.2 Å². The second-order valence-corrected chi connectivity index (χ2v) is 7.72. The molecule has 2 heterocycles. The van der Waals surface area contributed by atoms with E-state index in [4.69, 9.17) is 30.8 Å². The Labute approximate surface area is 181 Å². The molecule has 1 aliphatic heterocycles. The number of nitrogens with zero attached hydrogens (tertiary/aromatic N) is 2. The predicted molar refractivity (Wildman–Crippen MR) is 115 cm³/mol.